The number of hydrogen-bond donors (Lipinski definition) is 1. The molecule has 2 aromatic carbocycles. The van der Waals surface area contributed by atoms with Gasteiger partial charge in [-0.05, 0) is 27.9 Å². The molecule has 54 heavy (non-hydrogen) atoms. The number of ether oxygens (including phenoxy) is 10. The van der Waals surface area contributed by atoms with Gasteiger partial charge in [0.05, 0.1) is 81.7 Å². The predicted octanol–water partition coefficient (Wildman–Crippen LogP) is 3.69. The molecule has 0 saturated carbocycles. The van der Waals surface area contributed by atoms with Gasteiger partial charge in [-0.25, -0.2) is 4.99 Å². The maximum Gasteiger partial charge on any atom is 0.218 e. The number of fused-ring (bicyclic) bond motifs is 2. The fraction of sp³-hybridized carbons (Fsp3) is 0.595. The number of anilines is 1. The minimum atomic E-state index is -0.185. The van der Waals surface area contributed by atoms with Gasteiger partial charge in [0.1, 0.15) is 38.6 Å². The highest BCUT2D eigenvalue weighted by atomic mass is 16.7. The molecular weight excluding hydrogens is 699 g/mol. The van der Waals surface area contributed by atoms with Crippen molar-refractivity contribution in [3.05, 3.63) is 35.4 Å². The minimum absolute atomic E-state index is 0. The molecule has 0 amide bonds. The number of hydrogen-bond acceptors (Lipinski definition) is 15. The second-order valence-electron chi connectivity index (χ2n) is 11.2. The van der Waals surface area contributed by atoms with E-state index in [-0.39, 0.29) is 22.3 Å². The van der Waals surface area contributed by atoms with E-state index in [1.165, 1.54) is 0 Å². The number of benzene rings is 2. The van der Waals surface area contributed by atoms with Crippen molar-refractivity contribution in [1.29, 1.82) is 10.5 Å². The molecule has 0 unspecified atom stereocenters. The van der Waals surface area contributed by atoms with E-state index < -0.39 is 0 Å². The Morgan fingerprint density at radius 3 is 1.41 bits per heavy atom. The van der Waals surface area contributed by atoms with Gasteiger partial charge in [-0.2, -0.15) is 10.5 Å². The van der Waals surface area contributed by atoms with Crippen LogP contribution < -0.4 is 24.7 Å². The summed E-state index contributed by atoms with van der Waals surface area (Å²) in [6, 6.07) is 10.7. The van der Waals surface area contributed by atoms with E-state index in [0.29, 0.717) is 138 Å². The van der Waals surface area contributed by atoms with Gasteiger partial charge in [0, 0.05) is 60.0 Å². The fourth-order valence-electron chi connectivity index (χ4n) is 4.16. The Kier molecular flexibility index (Phi) is 27.6. The third-order valence-electron chi connectivity index (χ3n) is 6.57. The molecule has 0 atom stereocenters. The molecule has 2 heterocycles. The van der Waals surface area contributed by atoms with Crippen LogP contribution in [-0.2, 0) is 28.4 Å². The molecule has 2 aliphatic rings. The van der Waals surface area contributed by atoms with Crippen LogP contribution in [0.15, 0.2) is 29.3 Å². The average Bonchev–Trinajstić information content (AvgIpc) is 3.12. The summed E-state index contributed by atoms with van der Waals surface area (Å²) in [5, 5.41) is 18.3. The first-order valence-electron chi connectivity index (χ1n) is 17.1. The smallest absolute Gasteiger partial charge is 0.218 e. The van der Waals surface area contributed by atoms with E-state index in [9.17, 15) is 5.26 Å². The number of nitrogens with two attached hydrogens (primary N) is 1. The first kappa shape index (κ1) is 49.7. The summed E-state index contributed by atoms with van der Waals surface area (Å²) >= 11 is 0. The van der Waals surface area contributed by atoms with Gasteiger partial charge < -0.3 is 58.0 Å². The molecule has 2 aromatic rings. The Morgan fingerprint density at radius 1 is 0.667 bits per heavy atom. The molecule has 0 spiro atoms. The van der Waals surface area contributed by atoms with Crippen molar-refractivity contribution in [1.82, 2.24) is 9.80 Å². The highest BCUT2D eigenvalue weighted by Gasteiger charge is 2.14. The first-order chi connectivity index (χ1) is 25.2. The van der Waals surface area contributed by atoms with Gasteiger partial charge in [-0.1, -0.05) is 7.43 Å². The molecule has 299 valence electrons. The maximum absolute atomic E-state index is 9.32. The predicted molar refractivity (Wildman–Crippen MR) is 207 cm³/mol. The van der Waals surface area contributed by atoms with E-state index in [1.54, 1.807) is 35.5 Å². The Balaban J connectivity index is 0.000000822. The van der Waals surface area contributed by atoms with Crippen molar-refractivity contribution in [2.75, 3.05) is 126 Å². The fourth-order valence-corrected chi connectivity index (χ4v) is 4.16. The van der Waals surface area contributed by atoms with Crippen LogP contribution in [0.4, 0.5) is 11.4 Å². The maximum atomic E-state index is 9.32. The molecule has 0 saturated heterocycles. The van der Waals surface area contributed by atoms with Crippen molar-refractivity contribution < 1.29 is 47.4 Å². The summed E-state index contributed by atoms with van der Waals surface area (Å²) in [7, 11) is 7.58. The summed E-state index contributed by atoms with van der Waals surface area (Å²) in [5.74, 6) is 2.06. The lowest BCUT2D eigenvalue weighted by Gasteiger charge is -2.22. The summed E-state index contributed by atoms with van der Waals surface area (Å²) in [4.78, 5) is 7.99. The third-order valence-corrected chi connectivity index (χ3v) is 6.57. The molecule has 0 bridgehead atoms. The van der Waals surface area contributed by atoms with Crippen LogP contribution in [-0.4, -0.2) is 152 Å². The SMILES string of the molecule is C.CCOC(OCC)N(C)C.CN(C)C=Nc1cc2c(cc1C#N)OCCOCCOCCO2.N#Cc1cc2c(cc1N)OCCOCCOCCO2.[B]. The Morgan fingerprint density at radius 2 is 1.04 bits per heavy atom. The van der Waals surface area contributed by atoms with E-state index in [4.69, 9.17) is 58.4 Å². The zero-order chi connectivity index (χ0) is 38.0. The van der Waals surface area contributed by atoms with Crippen LogP contribution in [0.25, 0.3) is 0 Å². The number of aliphatic imine (C=N–C) groups is 1. The summed E-state index contributed by atoms with van der Waals surface area (Å²) in [6.45, 7) is 10.7. The Labute approximate surface area is 323 Å². The third kappa shape index (κ3) is 19.7. The molecule has 3 radical (unpaired) electrons. The number of nitrogen functional groups attached to an aromatic ring is 1. The van der Waals surface area contributed by atoms with Crippen LogP contribution in [0.2, 0.25) is 0 Å². The van der Waals surface area contributed by atoms with Gasteiger partial charge in [-0.3, -0.25) is 4.90 Å². The number of nitriles is 2. The van der Waals surface area contributed by atoms with Gasteiger partial charge >= 0.3 is 0 Å². The molecule has 0 aromatic heterocycles. The van der Waals surface area contributed by atoms with Crippen molar-refractivity contribution >= 4 is 26.1 Å². The first-order valence-corrected chi connectivity index (χ1v) is 17.1. The van der Waals surface area contributed by atoms with Crippen LogP contribution in [0, 0.1) is 22.7 Å². The topological polar surface area (TPSA) is 185 Å². The van der Waals surface area contributed by atoms with E-state index in [0.717, 1.165) is 0 Å². The van der Waals surface area contributed by atoms with E-state index in [2.05, 4.69) is 11.1 Å². The largest absolute Gasteiger partial charge is 0.487 e. The van der Waals surface area contributed by atoms with Crippen molar-refractivity contribution in [2.45, 2.75) is 27.7 Å². The quantitative estimate of drug-likeness (QED) is 0.142. The summed E-state index contributed by atoms with van der Waals surface area (Å²) in [5.41, 5.74) is 7.45. The molecule has 0 fully saturated rings. The lowest BCUT2D eigenvalue weighted by Crippen LogP contribution is -2.33. The second kappa shape index (κ2) is 30.1. The van der Waals surface area contributed by atoms with Gasteiger partial charge in [0.2, 0.25) is 6.41 Å². The molecular formula is C37H58BN6O10. The van der Waals surface area contributed by atoms with Crippen molar-refractivity contribution in [3.8, 4) is 35.1 Å². The summed E-state index contributed by atoms with van der Waals surface area (Å²) in [6.07, 6.45) is 1.45. The van der Waals surface area contributed by atoms with Gasteiger partial charge in [-0.15, -0.1) is 0 Å². The molecule has 17 heteroatoms. The number of rotatable bonds is 7. The second-order valence-corrected chi connectivity index (χ2v) is 11.2. The van der Waals surface area contributed by atoms with E-state index >= 15 is 0 Å². The molecule has 4 rings (SSSR count). The molecule has 2 aliphatic heterocycles. The molecule has 0 aliphatic carbocycles. The van der Waals surface area contributed by atoms with Crippen LogP contribution in [0.3, 0.4) is 0 Å². The van der Waals surface area contributed by atoms with Crippen LogP contribution >= 0.6 is 0 Å². The van der Waals surface area contributed by atoms with Crippen LogP contribution in [0.5, 0.6) is 23.0 Å². The summed E-state index contributed by atoms with van der Waals surface area (Å²) < 4.78 is 54.4. The highest BCUT2D eigenvalue weighted by molar-refractivity contribution is 5.75. The monoisotopic (exact) mass is 757 g/mol. The highest BCUT2D eigenvalue weighted by Crippen LogP contribution is 2.35. The van der Waals surface area contributed by atoms with Crippen molar-refractivity contribution in [3.63, 3.8) is 0 Å². The minimum Gasteiger partial charge on any atom is -0.487 e. The lowest BCUT2D eigenvalue weighted by atomic mass is 10.1. The lowest BCUT2D eigenvalue weighted by molar-refractivity contribution is -0.206. The van der Waals surface area contributed by atoms with Gasteiger partial charge in [0.15, 0.2) is 23.0 Å². The number of nitrogens with zero attached hydrogens (tertiary/aromatic N) is 5. The van der Waals surface area contributed by atoms with Crippen LogP contribution in [0.1, 0.15) is 32.4 Å². The Hall–Kier alpha value is -4.33. The zero-order valence-electron chi connectivity index (χ0n) is 31.8. The van der Waals surface area contributed by atoms with E-state index in [1.807, 2.05) is 53.0 Å². The Bertz CT molecular complexity index is 1420. The molecule has 16 nitrogen and oxygen atoms in total. The van der Waals surface area contributed by atoms with Gasteiger partial charge in [0.25, 0.3) is 0 Å². The normalized spacial score (nSPS) is 14.9. The molecule has 2 N–H and O–H groups in total. The zero-order valence-corrected chi connectivity index (χ0v) is 31.8. The average molecular weight is 758 g/mol. The van der Waals surface area contributed by atoms with Crippen molar-refractivity contribution in [2.24, 2.45) is 4.99 Å². The standard InChI is InChI=1S/C16H21N3O4.C13H16N2O4.C7H17NO2.CH4.B/c1-19(2)12-18-14-10-16-15(9-13(14)11-17)22-7-5-20-3-4-21-6-8-23-16;14-9-10-7-12-13(8-11(10)15)19-6-4-17-2-1-16-3-5-18-12;1-5-9-7(8(3)4)10-6-2;;/h9-10,12H,3-8H2,1-2H3;7-8H,1-6,15H2;7H,5-6H2,1-4H3;1H4;.